The third-order valence-corrected chi connectivity index (χ3v) is 6.96. The standard InChI is InChI=1S/C25H28BrNO6.ClH/c26-20-3-1-18(13-23(20)33-15-24(29)30)11-17-6-9-27(10-7-17)8-5-16-2-4-22-19(12-16)25(31)21(28)14-32-22;/h1-4,12-13,17,21,28H,5-11,14-15H2,(H,29,30);1H. The van der Waals surface area contributed by atoms with Crippen LogP contribution in [0.2, 0.25) is 0 Å². The van der Waals surface area contributed by atoms with Gasteiger partial charge in [0.2, 0.25) is 0 Å². The molecule has 34 heavy (non-hydrogen) atoms. The summed E-state index contributed by atoms with van der Waals surface area (Å²) in [5.41, 5.74) is 2.71. The molecular formula is C25H29BrClNO6. The average molecular weight is 555 g/mol. The Morgan fingerprint density at radius 3 is 2.62 bits per heavy atom. The molecule has 0 radical (unpaired) electrons. The van der Waals surface area contributed by atoms with Gasteiger partial charge in [0.05, 0.1) is 10.0 Å². The number of nitrogens with zero attached hydrogens (tertiary/aromatic N) is 1. The molecule has 2 aliphatic heterocycles. The lowest BCUT2D eigenvalue weighted by atomic mass is 9.90. The lowest BCUT2D eigenvalue weighted by Gasteiger charge is -2.32. The molecule has 2 heterocycles. The summed E-state index contributed by atoms with van der Waals surface area (Å²) in [7, 11) is 0. The Morgan fingerprint density at radius 1 is 1.15 bits per heavy atom. The highest BCUT2D eigenvalue weighted by atomic mass is 79.9. The van der Waals surface area contributed by atoms with Gasteiger partial charge in [-0.15, -0.1) is 12.4 Å². The van der Waals surface area contributed by atoms with E-state index in [0.717, 1.165) is 60.9 Å². The van der Waals surface area contributed by atoms with Gasteiger partial charge in [-0.2, -0.15) is 0 Å². The van der Waals surface area contributed by atoms with Crippen LogP contribution in [0.4, 0.5) is 0 Å². The zero-order valence-corrected chi connectivity index (χ0v) is 21.1. The van der Waals surface area contributed by atoms with E-state index in [2.05, 4.69) is 26.9 Å². The fourth-order valence-corrected chi connectivity index (χ4v) is 4.80. The number of likely N-dealkylation sites (tertiary alicyclic amines) is 1. The van der Waals surface area contributed by atoms with Gasteiger partial charge in [-0.25, -0.2) is 4.79 Å². The Labute approximate surface area is 213 Å². The number of ether oxygens (including phenoxy) is 2. The Hall–Kier alpha value is -2.13. The Balaban J connectivity index is 0.00000324. The van der Waals surface area contributed by atoms with Gasteiger partial charge in [-0.05, 0) is 96.0 Å². The van der Waals surface area contributed by atoms with Gasteiger partial charge in [0.15, 0.2) is 18.5 Å². The number of hydrogen-bond acceptors (Lipinski definition) is 6. The lowest BCUT2D eigenvalue weighted by Crippen LogP contribution is -2.36. The van der Waals surface area contributed by atoms with Crippen LogP contribution in [0.1, 0.15) is 34.3 Å². The van der Waals surface area contributed by atoms with E-state index >= 15 is 0 Å². The minimum Gasteiger partial charge on any atom is -0.490 e. The van der Waals surface area contributed by atoms with E-state index in [1.807, 2.05) is 30.3 Å². The summed E-state index contributed by atoms with van der Waals surface area (Å²) in [6.07, 6.45) is 2.92. The quantitative estimate of drug-likeness (QED) is 0.513. The predicted octanol–water partition coefficient (Wildman–Crippen LogP) is 3.77. The third-order valence-electron chi connectivity index (χ3n) is 6.30. The molecule has 0 bridgehead atoms. The number of carboxylic acid groups (broad SMARTS) is 1. The number of aliphatic hydroxyl groups excluding tert-OH is 1. The highest BCUT2D eigenvalue weighted by Gasteiger charge is 2.27. The first-order valence-corrected chi connectivity index (χ1v) is 12.0. The highest BCUT2D eigenvalue weighted by molar-refractivity contribution is 9.10. The van der Waals surface area contributed by atoms with Crippen LogP contribution in [-0.4, -0.2) is 65.8 Å². The zero-order chi connectivity index (χ0) is 23.4. The second-order valence-corrected chi connectivity index (χ2v) is 9.56. The van der Waals surface area contributed by atoms with Crippen molar-refractivity contribution in [2.75, 3.05) is 32.8 Å². The van der Waals surface area contributed by atoms with E-state index in [4.69, 9.17) is 14.6 Å². The van der Waals surface area contributed by atoms with E-state index in [1.54, 1.807) is 0 Å². The summed E-state index contributed by atoms with van der Waals surface area (Å²) in [5, 5.41) is 18.6. The number of aliphatic carboxylic acids is 1. The van der Waals surface area contributed by atoms with Crippen molar-refractivity contribution in [3.05, 3.63) is 57.6 Å². The molecule has 0 aromatic heterocycles. The minimum atomic E-state index is -1.07. The molecule has 1 saturated heterocycles. The number of aliphatic hydroxyl groups is 1. The van der Waals surface area contributed by atoms with Crippen molar-refractivity contribution in [1.82, 2.24) is 4.90 Å². The lowest BCUT2D eigenvalue weighted by molar-refractivity contribution is -0.139. The summed E-state index contributed by atoms with van der Waals surface area (Å²) in [5.74, 6) is 0.443. The van der Waals surface area contributed by atoms with Crippen LogP contribution in [0.5, 0.6) is 11.5 Å². The Bertz CT molecular complexity index is 1020. The van der Waals surface area contributed by atoms with E-state index in [0.29, 0.717) is 23.0 Å². The molecule has 1 atom stereocenters. The number of fused-ring (bicyclic) bond motifs is 1. The smallest absolute Gasteiger partial charge is 0.341 e. The van der Waals surface area contributed by atoms with Crippen LogP contribution in [0.25, 0.3) is 0 Å². The van der Waals surface area contributed by atoms with E-state index < -0.39 is 12.1 Å². The number of Topliss-reactive ketones (excluding diaryl/α,β-unsaturated/α-hetero) is 1. The number of halogens is 2. The summed E-state index contributed by atoms with van der Waals surface area (Å²) in [6.45, 7) is 2.64. The molecule has 7 nitrogen and oxygen atoms in total. The molecule has 1 fully saturated rings. The highest BCUT2D eigenvalue weighted by Crippen LogP contribution is 2.30. The zero-order valence-electron chi connectivity index (χ0n) is 18.7. The van der Waals surface area contributed by atoms with Crippen molar-refractivity contribution in [1.29, 1.82) is 0 Å². The van der Waals surface area contributed by atoms with Crippen LogP contribution in [0, 0.1) is 5.92 Å². The fraction of sp³-hybridized carbons (Fsp3) is 0.440. The fourth-order valence-electron chi connectivity index (χ4n) is 4.43. The maximum absolute atomic E-state index is 12.2. The second-order valence-electron chi connectivity index (χ2n) is 8.71. The first kappa shape index (κ1) is 26.5. The van der Waals surface area contributed by atoms with Crippen LogP contribution < -0.4 is 9.47 Å². The SMILES string of the molecule is Cl.O=C(O)COc1cc(CC2CCN(CCc3ccc4c(c3)C(=O)C(O)CO4)CC2)ccc1Br. The van der Waals surface area contributed by atoms with Crippen molar-refractivity contribution in [2.45, 2.75) is 31.8 Å². The molecule has 4 rings (SSSR count). The molecule has 1 unspecified atom stereocenters. The van der Waals surface area contributed by atoms with Gasteiger partial charge in [-0.3, -0.25) is 4.79 Å². The average Bonchev–Trinajstić information content (AvgIpc) is 2.81. The molecule has 0 aliphatic carbocycles. The maximum Gasteiger partial charge on any atom is 0.341 e. The molecule has 0 spiro atoms. The predicted molar refractivity (Wildman–Crippen MR) is 133 cm³/mol. The first-order valence-electron chi connectivity index (χ1n) is 11.2. The van der Waals surface area contributed by atoms with Crippen LogP contribution in [0.3, 0.4) is 0 Å². The number of benzene rings is 2. The molecule has 0 amide bonds. The van der Waals surface area contributed by atoms with Crippen molar-refractivity contribution in [3.63, 3.8) is 0 Å². The van der Waals surface area contributed by atoms with Gasteiger partial charge in [-0.1, -0.05) is 12.1 Å². The third kappa shape index (κ3) is 6.72. The van der Waals surface area contributed by atoms with E-state index in [-0.39, 0.29) is 31.4 Å². The maximum atomic E-state index is 12.2. The number of rotatable bonds is 8. The summed E-state index contributed by atoms with van der Waals surface area (Å²) >= 11 is 3.41. The number of ketones is 1. The molecule has 184 valence electrons. The van der Waals surface area contributed by atoms with Gasteiger partial charge in [0, 0.05) is 6.54 Å². The molecule has 0 saturated carbocycles. The van der Waals surface area contributed by atoms with Crippen molar-refractivity contribution in [3.8, 4) is 11.5 Å². The van der Waals surface area contributed by atoms with Crippen molar-refractivity contribution in [2.24, 2.45) is 5.92 Å². The summed E-state index contributed by atoms with van der Waals surface area (Å²) in [4.78, 5) is 25.4. The molecule has 2 aromatic carbocycles. The van der Waals surface area contributed by atoms with E-state index in [9.17, 15) is 14.7 Å². The van der Waals surface area contributed by atoms with Gasteiger partial charge in [0.1, 0.15) is 18.1 Å². The second kappa shape index (κ2) is 12.0. The van der Waals surface area contributed by atoms with Crippen LogP contribution in [-0.2, 0) is 17.6 Å². The van der Waals surface area contributed by atoms with Gasteiger partial charge >= 0.3 is 5.97 Å². The largest absolute Gasteiger partial charge is 0.490 e. The molecule has 2 N–H and O–H groups in total. The topological polar surface area (TPSA) is 96.3 Å². The first-order chi connectivity index (χ1) is 15.9. The van der Waals surface area contributed by atoms with Gasteiger partial charge < -0.3 is 24.6 Å². The normalized spacial score (nSPS) is 18.5. The number of hydrogen-bond donors (Lipinski definition) is 2. The Kier molecular flexibility index (Phi) is 9.36. The summed E-state index contributed by atoms with van der Waals surface area (Å²) in [6, 6.07) is 11.6. The molecular weight excluding hydrogens is 526 g/mol. The molecule has 2 aliphatic rings. The number of carboxylic acids is 1. The monoisotopic (exact) mass is 553 g/mol. The summed E-state index contributed by atoms with van der Waals surface area (Å²) < 4.78 is 11.6. The van der Waals surface area contributed by atoms with Crippen LogP contribution >= 0.6 is 28.3 Å². The van der Waals surface area contributed by atoms with Crippen LogP contribution in [0.15, 0.2) is 40.9 Å². The van der Waals surface area contributed by atoms with Crippen molar-refractivity contribution >= 4 is 40.1 Å². The number of piperidine rings is 1. The van der Waals surface area contributed by atoms with Crippen molar-refractivity contribution < 1.29 is 29.3 Å². The molecule has 2 aromatic rings. The minimum absolute atomic E-state index is 0. The Morgan fingerprint density at radius 2 is 1.88 bits per heavy atom. The van der Waals surface area contributed by atoms with Gasteiger partial charge in [0.25, 0.3) is 0 Å². The van der Waals surface area contributed by atoms with E-state index in [1.165, 1.54) is 0 Å². The molecule has 9 heteroatoms. The number of carbonyl (C=O) groups is 2. The number of carbonyl (C=O) groups excluding carboxylic acids is 1.